The number of nitro benzene ring substituents is 1. The van der Waals surface area contributed by atoms with Crippen molar-refractivity contribution in [2.24, 2.45) is 0 Å². The lowest BCUT2D eigenvalue weighted by molar-refractivity contribution is -0.384. The zero-order valence-electron chi connectivity index (χ0n) is 10.3. The Morgan fingerprint density at radius 1 is 1.29 bits per heavy atom. The van der Waals surface area contributed by atoms with Crippen LogP contribution in [0.25, 0.3) is 0 Å². The van der Waals surface area contributed by atoms with E-state index in [4.69, 9.17) is 11.6 Å². The van der Waals surface area contributed by atoms with Crippen LogP contribution in [-0.2, 0) is 0 Å². The van der Waals surface area contributed by atoms with E-state index in [0.29, 0.717) is 5.02 Å². The summed E-state index contributed by atoms with van der Waals surface area (Å²) in [5.74, 6) is -1.32. The fourth-order valence-electron chi connectivity index (χ4n) is 1.59. The molecule has 5 nitrogen and oxygen atoms in total. The molecule has 2 rings (SSSR count). The maximum absolute atomic E-state index is 13.0. The van der Waals surface area contributed by atoms with E-state index in [2.05, 4.69) is 5.32 Å². The van der Waals surface area contributed by atoms with Crippen LogP contribution in [0.1, 0.15) is 10.4 Å². The van der Waals surface area contributed by atoms with Crippen molar-refractivity contribution in [2.75, 3.05) is 5.32 Å². The highest BCUT2D eigenvalue weighted by atomic mass is 127. The third kappa shape index (κ3) is 3.67. The predicted molar refractivity (Wildman–Crippen MR) is 85.2 cm³/mol. The number of benzene rings is 2. The first-order valence-electron chi connectivity index (χ1n) is 5.59. The highest BCUT2D eigenvalue weighted by Gasteiger charge is 2.18. The van der Waals surface area contributed by atoms with Gasteiger partial charge in [0.25, 0.3) is 11.6 Å². The van der Waals surface area contributed by atoms with Crippen LogP contribution in [0, 0.1) is 19.5 Å². The van der Waals surface area contributed by atoms with Crippen molar-refractivity contribution in [3.05, 3.63) is 66.5 Å². The molecule has 0 atom stereocenters. The lowest BCUT2D eigenvalue weighted by Gasteiger charge is -2.07. The molecule has 0 aliphatic heterocycles. The zero-order valence-corrected chi connectivity index (χ0v) is 13.2. The second-order valence-electron chi connectivity index (χ2n) is 4.00. The summed E-state index contributed by atoms with van der Waals surface area (Å²) in [6.45, 7) is 0. The Hall–Kier alpha value is -1.74. The standard InChI is InChI=1S/C13H7ClFIN2O3/c14-9-5-7(1-3-10(9)16)13(19)17-11-4-2-8(15)6-12(11)18(20)21/h1-6H,(H,17,19). The smallest absolute Gasteiger partial charge is 0.295 e. The quantitative estimate of drug-likeness (QED) is 0.458. The van der Waals surface area contributed by atoms with Gasteiger partial charge < -0.3 is 5.32 Å². The molecule has 0 fully saturated rings. The van der Waals surface area contributed by atoms with E-state index in [1.807, 2.05) is 22.6 Å². The van der Waals surface area contributed by atoms with Crippen molar-refractivity contribution in [3.8, 4) is 0 Å². The van der Waals surface area contributed by atoms with Gasteiger partial charge in [-0.25, -0.2) is 4.39 Å². The zero-order chi connectivity index (χ0) is 15.6. The maximum Gasteiger partial charge on any atom is 0.295 e. The molecule has 0 radical (unpaired) electrons. The summed E-state index contributed by atoms with van der Waals surface area (Å²) in [7, 11) is 0. The van der Waals surface area contributed by atoms with Crippen LogP contribution in [0.2, 0.25) is 5.02 Å². The molecule has 2 aromatic rings. The lowest BCUT2D eigenvalue weighted by Crippen LogP contribution is -2.13. The van der Waals surface area contributed by atoms with Crippen LogP contribution in [0.3, 0.4) is 0 Å². The van der Waals surface area contributed by atoms with Gasteiger partial charge in [0, 0.05) is 9.13 Å². The monoisotopic (exact) mass is 420 g/mol. The van der Waals surface area contributed by atoms with E-state index < -0.39 is 22.3 Å². The number of amides is 1. The maximum atomic E-state index is 13.0. The van der Waals surface area contributed by atoms with E-state index in [9.17, 15) is 19.3 Å². The number of carbonyl (C=O) groups excluding carboxylic acids is 1. The molecule has 0 spiro atoms. The van der Waals surface area contributed by atoms with Gasteiger partial charge in [-0.05, 0) is 52.9 Å². The van der Waals surface area contributed by atoms with Gasteiger partial charge in [-0.15, -0.1) is 0 Å². The summed E-state index contributed by atoms with van der Waals surface area (Å²) >= 11 is 7.93. The molecule has 0 aromatic heterocycles. The normalized spacial score (nSPS) is 10.2. The van der Waals surface area contributed by atoms with Gasteiger partial charge in [0.15, 0.2) is 0 Å². The third-order valence-corrected chi connectivity index (χ3v) is 4.16. The molecule has 0 saturated carbocycles. The Balaban J connectivity index is 2.31. The molecule has 1 amide bonds. The molecule has 108 valence electrons. The minimum atomic E-state index is -0.764. The van der Waals surface area contributed by atoms with Gasteiger partial charge in [-0.3, -0.25) is 14.9 Å². The van der Waals surface area contributed by atoms with E-state index in [1.165, 1.54) is 6.07 Å². The van der Waals surface area contributed by atoms with Gasteiger partial charge in [0.05, 0.1) is 16.0 Å². The third-order valence-electron chi connectivity index (χ3n) is 2.59. The first-order valence-corrected chi connectivity index (χ1v) is 7.04. The van der Waals surface area contributed by atoms with Crippen molar-refractivity contribution < 1.29 is 14.1 Å². The van der Waals surface area contributed by atoms with Crippen LogP contribution in [0.5, 0.6) is 0 Å². The topological polar surface area (TPSA) is 72.2 Å². The number of halogens is 3. The lowest BCUT2D eigenvalue weighted by atomic mass is 10.2. The fraction of sp³-hybridized carbons (Fsp3) is 0. The predicted octanol–water partition coefficient (Wildman–Crippen LogP) is 4.24. The summed E-state index contributed by atoms with van der Waals surface area (Å²) < 4.78 is 13.8. The average molecular weight is 421 g/mol. The van der Waals surface area contributed by atoms with Crippen LogP contribution < -0.4 is 5.32 Å². The van der Waals surface area contributed by atoms with E-state index in [-0.39, 0.29) is 11.3 Å². The molecule has 8 heteroatoms. The Kier molecular flexibility index (Phi) is 4.73. The van der Waals surface area contributed by atoms with Crippen molar-refractivity contribution in [2.45, 2.75) is 0 Å². The summed E-state index contributed by atoms with van der Waals surface area (Å²) in [6.07, 6.45) is 0. The molecule has 0 aliphatic rings. The molecule has 0 unspecified atom stereocenters. The van der Waals surface area contributed by atoms with E-state index >= 15 is 0 Å². The van der Waals surface area contributed by atoms with E-state index in [0.717, 1.165) is 21.8 Å². The minimum absolute atomic E-state index is 0.0823. The number of nitrogens with one attached hydrogen (secondary N) is 1. The summed E-state index contributed by atoms with van der Waals surface area (Å²) in [5.41, 5.74) is -0.347. The Bertz CT molecular complexity index is 739. The number of nitro groups is 1. The number of anilines is 1. The van der Waals surface area contributed by atoms with E-state index in [1.54, 1.807) is 12.1 Å². The molecule has 0 heterocycles. The largest absolute Gasteiger partial charge is 0.316 e. The van der Waals surface area contributed by atoms with Crippen LogP contribution in [0.4, 0.5) is 15.8 Å². The van der Waals surface area contributed by atoms with Gasteiger partial charge >= 0.3 is 0 Å². The fourth-order valence-corrected chi connectivity index (χ4v) is 2.11. The average Bonchev–Trinajstić information content (AvgIpc) is 2.43. The molecule has 0 bridgehead atoms. The number of rotatable bonds is 3. The molecule has 2 aromatic carbocycles. The number of nitrogens with zero attached hydrogens (tertiary/aromatic N) is 1. The van der Waals surface area contributed by atoms with Crippen LogP contribution in [0.15, 0.2) is 36.4 Å². The highest BCUT2D eigenvalue weighted by molar-refractivity contribution is 14.1. The Morgan fingerprint density at radius 3 is 2.62 bits per heavy atom. The Morgan fingerprint density at radius 2 is 2.00 bits per heavy atom. The number of carbonyl (C=O) groups is 1. The molecular formula is C13H7ClFIN2O3. The van der Waals surface area contributed by atoms with Crippen molar-refractivity contribution in [3.63, 3.8) is 0 Å². The SMILES string of the molecule is O=C(Nc1ccc(F)cc1[N+](=O)[O-])c1ccc(I)c(Cl)c1. The van der Waals surface area contributed by atoms with Gasteiger partial charge in [0.2, 0.25) is 0 Å². The molecular weight excluding hydrogens is 414 g/mol. The first kappa shape index (κ1) is 15.6. The van der Waals surface area contributed by atoms with Crippen molar-refractivity contribution >= 4 is 51.5 Å². The number of hydrogen-bond donors (Lipinski definition) is 1. The molecule has 0 saturated heterocycles. The van der Waals surface area contributed by atoms with Gasteiger partial charge in [-0.2, -0.15) is 0 Å². The second kappa shape index (κ2) is 6.35. The molecule has 21 heavy (non-hydrogen) atoms. The second-order valence-corrected chi connectivity index (χ2v) is 5.57. The molecule has 0 aliphatic carbocycles. The van der Waals surface area contributed by atoms with Crippen molar-refractivity contribution in [1.29, 1.82) is 0 Å². The summed E-state index contributed by atoms with van der Waals surface area (Å²) in [4.78, 5) is 22.1. The van der Waals surface area contributed by atoms with Crippen molar-refractivity contribution in [1.82, 2.24) is 0 Å². The van der Waals surface area contributed by atoms with Gasteiger partial charge in [-0.1, -0.05) is 11.6 Å². The van der Waals surface area contributed by atoms with Gasteiger partial charge in [0.1, 0.15) is 11.5 Å². The molecule has 1 N–H and O–H groups in total. The number of hydrogen-bond acceptors (Lipinski definition) is 3. The van der Waals surface area contributed by atoms with Crippen LogP contribution in [-0.4, -0.2) is 10.8 Å². The summed E-state index contributed by atoms with van der Waals surface area (Å²) in [6, 6.07) is 7.56. The highest BCUT2D eigenvalue weighted by Crippen LogP contribution is 2.26. The first-order chi connectivity index (χ1) is 9.88. The van der Waals surface area contributed by atoms with Crippen LogP contribution >= 0.6 is 34.2 Å². The Labute approximate surface area is 137 Å². The minimum Gasteiger partial charge on any atom is -0.316 e. The summed E-state index contributed by atoms with van der Waals surface area (Å²) in [5, 5.41) is 13.6.